The van der Waals surface area contributed by atoms with Crippen LogP contribution in [0.5, 0.6) is 11.5 Å². The van der Waals surface area contributed by atoms with Crippen molar-refractivity contribution < 1.29 is 9.47 Å². The van der Waals surface area contributed by atoms with E-state index in [0.29, 0.717) is 16.5 Å². The fraction of sp³-hybridized carbons (Fsp3) is 0.250. The average molecular weight is 437 g/mol. The van der Waals surface area contributed by atoms with Crippen LogP contribution in [-0.4, -0.2) is 14.2 Å². The number of methoxy groups -OCH3 is 2. The Kier molecular flexibility index (Phi) is 5.63. The molecule has 21 heavy (non-hydrogen) atoms. The molecule has 0 heterocycles. The summed E-state index contributed by atoms with van der Waals surface area (Å²) in [5.41, 5.74) is 3.06. The van der Waals surface area contributed by atoms with Crippen molar-refractivity contribution in [3.8, 4) is 11.5 Å². The molecule has 1 atom stereocenters. The van der Waals surface area contributed by atoms with E-state index in [2.05, 4.69) is 35.6 Å². The Balaban J connectivity index is 2.56. The summed E-state index contributed by atoms with van der Waals surface area (Å²) in [6, 6.07) is 9.77. The standard InChI is InChI=1S/C16H15Cl2IO2/c1-9-5-4-6-10(15(9)19)13(17)11-7-8-12(20-2)14(18)16(11)21-3/h4-8,13H,1-3H3. The first-order valence-electron chi connectivity index (χ1n) is 6.30. The van der Waals surface area contributed by atoms with Gasteiger partial charge in [0.2, 0.25) is 0 Å². The van der Waals surface area contributed by atoms with Crippen molar-refractivity contribution in [3.63, 3.8) is 0 Å². The third-order valence-corrected chi connectivity index (χ3v) is 5.59. The van der Waals surface area contributed by atoms with Crippen LogP contribution >= 0.6 is 45.8 Å². The Bertz CT molecular complexity index is 659. The van der Waals surface area contributed by atoms with E-state index < -0.39 is 0 Å². The van der Waals surface area contributed by atoms with Crippen molar-refractivity contribution in [1.29, 1.82) is 0 Å². The largest absolute Gasteiger partial charge is 0.495 e. The van der Waals surface area contributed by atoms with Gasteiger partial charge in [-0.1, -0.05) is 29.8 Å². The summed E-state index contributed by atoms with van der Waals surface area (Å²) >= 11 is 15.3. The topological polar surface area (TPSA) is 18.5 Å². The molecule has 0 aliphatic rings. The highest BCUT2D eigenvalue weighted by molar-refractivity contribution is 14.1. The number of ether oxygens (including phenoxy) is 2. The number of aryl methyl sites for hydroxylation is 1. The van der Waals surface area contributed by atoms with Gasteiger partial charge in [-0.2, -0.15) is 0 Å². The molecule has 0 bridgehead atoms. The molecular formula is C16H15Cl2IO2. The predicted octanol–water partition coefficient (Wildman–Crippen LogP) is 5.60. The minimum absolute atomic E-state index is 0.338. The lowest BCUT2D eigenvalue weighted by atomic mass is 10.0. The summed E-state index contributed by atoms with van der Waals surface area (Å²) < 4.78 is 11.8. The molecule has 0 saturated carbocycles. The highest BCUT2D eigenvalue weighted by Gasteiger charge is 2.22. The fourth-order valence-electron chi connectivity index (χ4n) is 2.15. The van der Waals surface area contributed by atoms with Crippen LogP contribution in [0.1, 0.15) is 22.1 Å². The van der Waals surface area contributed by atoms with Gasteiger partial charge in [-0.15, -0.1) is 11.6 Å². The molecule has 0 aliphatic carbocycles. The smallest absolute Gasteiger partial charge is 0.146 e. The average Bonchev–Trinajstić information content (AvgIpc) is 2.49. The van der Waals surface area contributed by atoms with E-state index >= 15 is 0 Å². The first-order chi connectivity index (χ1) is 10.0. The fourth-order valence-corrected chi connectivity index (χ4v) is 3.69. The van der Waals surface area contributed by atoms with Crippen molar-refractivity contribution in [3.05, 3.63) is 55.6 Å². The van der Waals surface area contributed by atoms with E-state index in [0.717, 1.165) is 14.7 Å². The third-order valence-electron chi connectivity index (χ3n) is 3.28. The molecule has 2 aromatic rings. The van der Waals surface area contributed by atoms with E-state index in [-0.39, 0.29) is 5.38 Å². The molecule has 0 fully saturated rings. The second-order valence-corrected chi connectivity index (χ2v) is 6.44. The van der Waals surface area contributed by atoms with Gasteiger partial charge in [-0.25, -0.2) is 0 Å². The lowest BCUT2D eigenvalue weighted by Gasteiger charge is -2.18. The Morgan fingerprint density at radius 2 is 1.76 bits per heavy atom. The van der Waals surface area contributed by atoms with Crippen LogP contribution in [0.4, 0.5) is 0 Å². The van der Waals surface area contributed by atoms with E-state index in [1.807, 2.05) is 18.2 Å². The third kappa shape index (κ3) is 3.25. The zero-order chi connectivity index (χ0) is 15.6. The van der Waals surface area contributed by atoms with Gasteiger partial charge < -0.3 is 9.47 Å². The van der Waals surface area contributed by atoms with Gasteiger partial charge in [0.15, 0.2) is 0 Å². The lowest BCUT2D eigenvalue weighted by molar-refractivity contribution is 0.392. The Labute approximate surface area is 148 Å². The molecule has 112 valence electrons. The highest BCUT2D eigenvalue weighted by atomic mass is 127. The Hall–Kier alpha value is -0.650. The van der Waals surface area contributed by atoms with Gasteiger partial charge in [0.1, 0.15) is 16.5 Å². The first kappa shape index (κ1) is 16.7. The lowest BCUT2D eigenvalue weighted by Crippen LogP contribution is -2.02. The SMILES string of the molecule is COc1ccc(C(Cl)c2cccc(C)c2I)c(OC)c1Cl. The van der Waals surface area contributed by atoms with Crippen LogP contribution in [0.2, 0.25) is 5.02 Å². The van der Waals surface area contributed by atoms with Crippen LogP contribution in [0.15, 0.2) is 30.3 Å². The quantitative estimate of drug-likeness (QED) is 0.458. The molecular weight excluding hydrogens is 422 g/mol. The molecule has 0 aliphatic heterocycles. The summed E-state index contributed by atoms with van der Waals surface area (Å²) in [6.07, 6.45) is 0. The molecule has 2 nitrogen and oxygen atoms in total. The summed E-state index contributed by atoms with van der Waals surface area (Å²) in [7, 11) is 3.15. The zero-order valence-corrected chi connectivity index (χ0v) is 15.6. The van der Waals surface area contributed by atoms with Crippen molar-refractivity contribution in [2.45, 2.75) is 12.3 Å². The normalized spacial score (nSPS) is 12.1. The number of hydrogen-bond donors (Lipinski definition) is 0. The number of rotatable bonds is 4. The summed E-state index contributed by atoms with van der Waals surface area (Å²) in [5, 5.41) is 0.0981. The number of benzene rings is 2. The first-order valence-corrected chi connectivity index (χ1v) is 8.20. The van der Waals surface area contributed by atoms with E-state index in [1.165, 1.54) is 5.56 Å². The van der Waals surface area contributed by atoms with Crippen LogP contribution in [0, 0.1) is 10.5 Å². The summed E-state index contributed by atoms with van der Waals surface area (Å²) in [5.74, 6) is 1.12. The van der Waals surface area contributed by atoms with Crippen molar-refractivity contribution in [2.75, 3.05) is 14.2 Å². The maximum atomic E-state index is 6.68. The van der Waals surface area contributed by atoms with Crippen LogP contribution < -0.4 is 9.47 Å². The van der Waals surface area contributed by atoms with E-state index in [9.17, 15) is 0 Å². The second kappa shape index (κ2) is 7.07. The van der Waals surface area contributed by atoms with Crippen molar-refractivity contribution in [1.82, 2.24) is 0 Å². The van der Waals surface area contributed by atoms with Crippen molar-refractivity contribution in [2.24, 2.45) is 0 Å². The number of alkyl halides is 1. The minimum Gasteiger partial charge on any atom is -0.495 e. The van der Waals surface area contributed by atoms with Gasteiger partial charge >= 0.3 is 0 Å². The monoisotopic (exact) mass is 436 g/mol. The Morgan fingerprint density at radius 1 is 1.05 bits per heavy atom. The second-order valence-electron chi connectivity index (χ2n) is 4.54. The minimum atomic E-state index is -0.338. The van der Waals surface area contributed by atoms with Gasteiger partial charge in [0.05, 0.1) is 19.6 Å². The molecule has 2 rings (SSSR count). The van der Waals surface area contributed by atoms with Gasteiger partial charge in [0.25, 0.3) is 0 Å². The van der Waals surface area contributed by atoms with Crippen molar-refractivity contribution >= 4 is 45.8 Å². The van der Waals surface area contributed by atoms with Crippen LogP contribution in [0.25, 0.3) is 0 Å². The zero-order valence-electron chi connectivity index (χ0n) is 11.9. The molecule has 0 spiro atoms. The summed E-state index contributed by atoms with van der Waals surface area (Å²) in [6.45, 7) is 2.06. The molecule has 1 unspecified atom stereocenters. The van der Waals surface area contributed by atoms with Crippen LogP contribution in [0.3, 0.4) is 0 Å². The summed E-state index contributed by atoms with van der Waals surface area (Å²) in [4.78, 5) is 0. The molecule has 0 aromatic heterocycles. The number of halogens is 3. The molecule has 2 aromatic carbocycles. The molecule has 0 N–H and O–H groups in total. The van der Waals surface area contributed by atoms with Gasteiger partial charge in [0, 0.05) is 9.13 Å². The predicted molar refractivity (Wildman–Crippen MR) is 96.1 cm³/mol. The van der Waals surface area contributed by atoms with E-state index in [4.69, 9.17) is 32.7 Å². The molecule has 0 amide bonds. The molecule has 0 saturated heterocycles. The Morgan fingerprint density at radius 3 is 2.38 bits per heavy atom. The maximum Gasteiger partial charge on any atom is 0.146 e. The maximum absolute atomic E-state index is 6.68. The van der Waals surface area contributed by atoms with Gasteiger partial charge in [-0.05, 0) is 52.8 Å². The highest BCUT2D eigenvalue weighted by Crippen LogP contribution is 2.44. The van der Waals surface area contributed by atoms with Crippen LogP contribution in [-0.2, 0) is 0 Å². The number of hydrogen-bond acceptors (Lipinski definition) is 2. The molecule has 0 radical (unpaired) electrons. The van der Waals surface area contributed by atoms with Gasteiger partial charge in [-0.3, -0.25) is 0 Å². The van der Waals surface area contributed by atoms with E-state index in [1.54, 1.807) is 20.3 Å². The molecule has 5 heteroatoms.